The third kappa shape index (κ3) is 4.91. The molecule has 2 aromatic carbocycles. The second-order valence-corrected chi connectivity index (χ2v) is 6.17. The molecule has 2 rings (SSSR count). The second kappa shape index (κ2) is 7.25. The number of aliphatic imine (C=N–C) groups is 1. The highest BCUT2D eigenvalue weighted by atomic mass is 19.1. The van der Waals surface area contributed by atoms with E-state index in [1.807, 2.05) is 0 Å². The van der Waals surface area contributed by atoms with Crippen molar-refractivity contribution in [2.75, 3.05) is 7.11 Å². The summed E-state index contributed by atoms with van der Waals surface area (Å²) in [6, 6.07) is 12.5. The van der Waals surface area contributed by atoms with Crippen LogP contribution in [0.3, 0.4) is 0 Å². The maximum Gasteiger partial charge on any atom is 0.358 e. The summed E-state index contributed by atoms with van der Waals surface area (Å²) in [5, 5.41) is 0. The highest BCUT2D eigenvalue weighted by Gasteiger charge is 2.22. The Morgan fingerprint density at radius 2 is 1.58 bits per heavy atom. The van der Waals surface area contributed by atoms with Crippen LogP contribution in [0.1, 0.15) is 26.3 Å². The average Bonchev–Trinajstić information content (AvgIpc) is 2.52. The van der Waals surface area contributed by atoms with Crippen LogP contribution in [0.2, 0.25) is 0 Å². The van der Waals surface area contributed by atoms with Crippen molar-refractivity contribution in [2.24, 2.45) is 4.99 Å². The number of esters is 1. The van der Waals surface area contributed by atoms with Gasteiger partial charge in [0.05, 0.1) is 12.8 Å². The second-order valence-electron chi connectivity index (χ2n) is 6.17. The zero-order valence-electron chi connectivity index (χ0n) is 14.2. The SMILES string of the molecule is COc1ccc(N=C(C(=O)OC(C)(C)C)c2ccc(F)cc2)cc1. The first kappa shape index (κ1) is 17.7. The summed E-state index contributed by atoms with van der Waals surface area (Å²) in [6.07, 6.45) is 0. The Balaban J connectivity index is 2.42. The standard InChI is InChI=1S/C19H20FNO3/c1-19(2,3)24-18(22)17(13-5-7-14(20)8-6-13)21-15-9-11-16(23-4)12-10-15/h5-12H,1-4H3. The molecule has 0 fully saturated rings. The van der Waals surface area contributed by atoms with Gasteiger partial charge in [-0.15, -0.1) is 0 Å². The van der Waals surface area contributed by atoms with Crippen molar-refractivity contribution in [2.45, 2.75) is 26.4 Å². The number of benzene rings is 2. The topological polar surface area (TPSA) is 47.9 Å². The molecule has 5 heteroatoms. The Bertz CT molecular complexity index is 729. The Morgan fingerprint density at radius 1 is 1.00 bits per heavy atom. The predicted octanol–water partition coefficient (Wildman–Crippen LogP) is 4.30. The van der Waals surface area contributed by atoms with Gasteiger partial charge < -0.3 is 9.47 Å². The molecule has 0 aromatic heterocycles. The lowest BCUT2D eigenvalue weighted by molar-refractivity contribution is -0.146. The first-order valence-corrected chi connectivity index (χ1v) is 7.50. The number of hydrogen-bond acceptors (Lipinski definition) is 4. The molecule has 0 aliphatic heterocycles. The van der Waals surface area contributed by atoms with E-state index >= 15 is 0 Å². The lowest BCUT2D eigenvalue weighted by atomic mass is 10.1. The van der Waals surface area contributed by atoms with Crippen molar-refractivity contribution in [3.05, 3.63) is 59.9 Å². The van der Waals surface area contributed by atoms with Crippen LogP contribution in [0.5, 0.6) is 5.75 Å². The van der Waals surface area contributed by atoms with Gasteiger partial charge in [-0.1, -0.05) is 0 Å². The van der Waals surface area contributed by atoms with Crippen molar-refractivity contribution in [1.29, 1.82) is 0 Å². The first-order valence-electron chi connectivity index (χ1n) is 7.50. The van der Waals surface area contributed by atoms with E-state index in [0.29, 0.717) is 17.0 Å². The van der Waals surface area contributed by atoms with E-state index in [1.165, 1.54) is 24.3 Å². The molecule has 0 unspecified atom stereocenters. The van der Waals surface area contributed by atoms with Crippen LogP contribution < -0.4 is 4.74 Å². The highest BCUT2D eigenvalue weighted by Crippen LogP contribution is 2.20. The number of ether oxygens (including phenoxy) is 2. The largest absolute Gasteiger partial charge is 0.497 e. The van der Waals surface area contributed by atoms with Crippen molar-refractivity contribution >= 4 is 17.4 Å². The molecule has 0 aliphatic rings. The number of rotatable bonds is 4. The molecular formula is C19H20FNO3. The van der Waals surface area contributed by atoms with E-state index in [-0.39, 0.29) is 11.5 Å². The minimum absolute atomic E-state index is 0.120. The van der Waals surface area contributed by atoms with Gasteiger partial charge in [0.15, 0.2) is 5.71 Å². The summed E-state index contributed by atoms with van der Waals surface area (Å²) in [7, 11) is 1.57. The van der Waals surface area contributed by atoms with Gasteiger partial charge in [0, 0.05) is 5.56 Å². The van der Waals surface area contributed by atoms with Gasteiger partial charge in [-0.25, -0.2) is 14.2 Å². The van der Waals surface area contributed by atoms with E-state index in [0.717, 1.165) is 0 Å². The van der Waals surface area contributed by atoms with Gasteiger partial charge in [0.1, 0.15) is 17.2 Å². The lowest BCUT2D eigenvalue weighted by Crippen LogP contribution is -2.29. The molecule has 0 radical (unpaired) electrons. The Morgan fingerprint density at radius 3 is 2.08 bits per heavy atom. The molecule has 24 heavy (non-hydrogen) atoms. The van der Waals surface area contributed by atoms with Gasteiger partial charge in [0.25, 0.3) is 0 Å². The molecular weight excluding hydrogens is 309 g/mol. The van der Waals surface area contributed by atoms with E-state index < -0.39 is 11.6 Å². The first-order chi connectivity index (χ1) is 11.3. The number of nitrogens with zero attached hydrogens (tertiary/aromatic N) is 1. The van der Waals surface area contributed by atoms with E-state index in [1.54, 1.807) is 52.1 Å². The van der Waals surface area contributed by atoms with Crippen LogP contribution in [-0.4, -0.2) is 24.4 Å². The average molecular weight is 329 g/mol. The molecule has 0 saturated carbocycles. The fourth-order valence-electron chi connectivity index (χ4n) is 1.95. The third-order valence-corrected chi connectivity index (χ3v) is 3.02. The molecule has 0 heterocycles. The summed E-state index contributed by atoms with van der Waals surface area (Å²) >= 11 is 0. The Labute approximate surface area is 140 Å². The fourth-order valence-corrected chi connectivity index (χ4v) is 1.95. The zero-order valence-corrected chi connectivity index (χ0v) is 14.2. The van der Waals surface area contributed by atoms with Crippen molar-refractivity contribution in [3.8, 4) is 5.75 Å². The summed E-state index contributed by atoms with van der Waals surface area (Å²) < 4.78 is 23.7. The van der Waals surface area contributed by atoms with Gasteiger partial charge in [-0.2, -0.15) is 0 Å². The smallest absolute Gasteiger partial charge is 0.358 e. The molecule has 4 nitrogen and oxygen atoms in total. The number of halogens is 1. The van der Waals surface area contributed by atoms with Gasteiger partial charge >= 0.3 is 5.97 Å². The van der Waals surface area contributed by atoms with Gasteiger partial charge in [-0.3, -0.25) is 0 Å². The van der Waals surface area contributed by atoms with E-state index in [4.69, 9.17) is 9.47 Å². The summed E-state index contributed by atoms with van der Waals surface area (Å²) in [5.41, 5.74) is 0.523. The summed E-state index contributed by atoms with van der Waals surface area (Å²) in [4.78, 5) is 16.9. The van der Waals surface area contributed by atoms with Gasteiger partial charge in [0.2, 0.25) is 0 Å². The zero-order chi connectivity index (χ0) is 17.7. The van der Waals surface area contributed by atoms with Crippen molar-refractivity contribution in [1.82, 2.24) is 0 Å². The third-order valence-electron chi connectivity index (χ3n) is 3.02. The maximum absolute atomic E-state index is 13.2. The van der Waals surface area contributed by atoms with Crippen LogP contribution in [-0.2, 0) is 9.53 Å². The van der Waals surface area contributed by atoms with E-state index in [9.17, 15) is 9.18 Å². The highest BCUT2D eigenvalue weighted by molar-refractivity contribution is 6.43. The number of methoxy groups -OCH3 is 1. The number of carbonyl (C=O) groups is 1. The van der Waals surface area contributed by atoms with E-state index in [2.05, 4.69) is 4.99 Å². The molecule has 0 N–H and O–H groups in total. The van der Waals surface area contributed by atoms with Crippen molar-refractivity contribution in [3.63, 3.8) is 0 Å². The van der Waals surface area contributed by atoms with Crippen LogP contribution in [0.4, 0.5) is 10.1 Å². The molecule has 0 saturated heterocycles. The molecule has 126 valence electrons. The van der Waals surface area contributed by atoms with Crippen LogP contribution in [0.15, 0.2) is 53.5 Å². The van der Waals surface area contributed by atoms with Gasteiger partial charge in [-0.05, 0) is 69.3 Å². The Hall–Kier alpha value is -2.69. The molecule has 0 aliphatic carbocycles. The monoisotopic (exact) mass is 329 g/mol. The summed E-state index contributed by atoms with van der Waals surface area (Å²) in [5.74, 6) is -0.258. The summed E-state index contributed by atoms with van der Waals surface area (Å²) in [6.45, 7) is 5.34. The normalized spacial score (nSPS) is 12.0. The lowest BCUT2D eigenvalue weighted by Gasteiger charge is -2.20. The van der Waals surface area contributed by atoms with Crippen LogP contribution in [0, 0.1) is 5.82 Å². The Kier molecular flexibility index (Phi) is 5.34. The van der Waals surface area contributed by atoms with Crippen molar-refractivity contribution < 1.29 is 18.7 Å². The molecule has 0 bridgehead atoms. The number of carbonyl (C=O) groups excluding carboxylic acids is 1. The van der Waals surface area contributed by atoms with Crippen LogP contribution >= 0.6 is 0 Å². The fraction of sp³-hybridized carbons (Fsp3) is 0.263. The predicted molar refractivity (Wildman–Crippen MR) is 91.4 cm³/mol. The maximum atomic E-state index is 13.2. The minimum atomic E-state index is -0.655. The minimum Gasteiger partial charge on any atom is -0.497 e. The molecule has 0 atom stereocenters. The molecule has 0 amide bonds. The molecule has 2 aromatic rings. The van der Waals surface area contributed by atoms with Crippen LogP contribution in [0.25, 0.3) is 0 Å². The molecule has 0 spiro atoms. The number of hydrogen-bond donors (Lipinski definition) is 0. The quantitative estimate of drug-likeness (QED) is 0.621.